The third kappa shape index (κ3) is 39.9. The number of likely N-dealkylation sites (N-methyl/N-ethyl adjacent to an activating group) is 1. The monoisotopic (exact) mass is 784 g/mol. The summed E-state index contributed by atoms with van der Waals surface area (Å²) in [6, 6.07) is 0. The van der Waals surface area contributed by atoms with Gasteiger partial charge in [-0.2, -0.15) is 0 Å². The number of hydrogen-bond donors (Lipinski definition) is 0. The van der Waals surface area contributed by atoms with E-state index in [2.05, 4.69) is 50.3 Å². The van der Waals surface area contributed by atoms with Crippen LogP contribution in [0.1, 0.15) is 181 Å². The summed E-state index contributed by atoms with van der Waals surface area (Å²) >= 11 is 0. The van der Waals surface area contributed by atoms with Gasteiger partial charge in [-0.15, -0.1) is 0 Å². The lowest BCUT2D eigenvalue weighted by Gasteiger charge is -2.28. The number of phosphoric acid groups is 1. The number of carbonyl (C=O) groups excluding carboxylic acids is 2. The molecule has 0 bridgehead atoms. The molecule has 0 saturated carbocycles. The maximum Gasteiger partial charge on any atom is 0.306 e. The van der Waals surface area contributed by atoms with E-state index in [0.29, 0.717) is 17.4 Å². The van der Waals surface area contributed by atoms with Gasteiger partial charge in [-0.1, -0.05) is 140 Å². The first-order valence-corrected chi connectivity index (χ1v) is 23.2. The van der Waals surface area contributed by atoms with E-state index in [-0.39, 0.29) is 26.1 Å². The van der Waals surface area contributed by atoms with Crippen molar-refractivity contribution in [2.75, 3.05) is 47.5 Å². The van der Waals surface area contributed by atoms with Gasteiger partial charge in [0.2, 0.25) is 0 Å². The molecular weight excluding hydrogens is 701 g/mol. The third-order valence-electron chi connectivity index (χ3n) is 9.13. The van der Waals surface area contributed by atoms with Crippen molar-refractivity contribution < 1.29 is 42.1 Å². The average Bonchev–Trinajstić information content (AvgIpc) is 3.12. The van der Waals surface area contributed by atoms with Crippen molar-refractivity contribution in [2.24, 2.45) is 0 Å². The van der Waals surface area contributed by atoms with Gasteiger partial charge in [0, 0.05) is 12.8 Å². The molecule has 0 aromatic heterocycles. The van der Waals surface area contributed by atoms with E-state index >= 15 is 0 Å². The Morgan fingerprint density at radius 3 is 1.54 bits per heavy atom. The Balaban J connectivity index is 4.34. The van der Waals surface area contributed by atoms with Gasteiger partial charge in [-0.25, -0.2) is 0 Å². The Bertz CT molecular complexity index is 1020. The standard InChI is InChI=1S/C44H82NO8P/c1-6-8-10-12-14-16-18-19-20-21-22-23-24-25-27-29-31-33-35-37-44(47)53-42(41-52-54(48,49)51-39-38-45(3,4)5)40-50-43(46)36-34-32-30-28-26-17-15-13-11-9-7-2/h13-16,19-20,42H,6-12,17-18,21-41H2,1-5H3/b15-13-,16-14-,20-19-. The van der Waals surface area contributed by atoms with Crippen molar-refractivity contribution in [1.82, 2.24) is 0 Å². The lowest BCUT2D eigenvalue weighted by molar-refractivity contribution is -0.870. The van der Waals surface area contributed by atoms with Crippen LogP contribution in [0, 0.1) is 0 Å². The molecule has 2 unspecified atom stereocenters. The largest absolute Gasteiger partial charge is 0.756 e. The molecule has 0 aromatic carbocycles. The van der Waals surface area contributed by atoms with Crippen molar-refractivity contribution in [1.29, 1.82) is 0 Å². The molecule has 54 heavy (non-hydrogen) atoms. The fourth-order valence-electron chi connectivity index (χ4n) is 5.66. The zero-order valence-corrected chi connectivity index (χ0v) is 36.3. The minimum atomic E-state index is -4.62. The van der Waals surface area contributed by atoms with E-state index in [1.807, 2.05) is 21.1 Å². The van der Waals surface area contributed by atoms with Crippen LogP contribution in [0.3, 0.4) is 0 Å². The molecule has 0 aliphatic rings. The molecule has 0 fully saturated rings. The Kier molecular flexibility index (Phi) is 35.6. The number of nitrogens with zero attached hydrogens (tertiary/aromatic N) is 1. The predicted molar refractivity (Wildman–Crippen MR) is 222 cm³/mol. The topological polar surface area (TPSA) is 111 Å². The van der Waals surface area contributed by atoms with Gasteiger partial charge in [0.05, 0.1) is 27.7 Å². The summed E-state index contributed by atoms with van der Waals surface area (Å²) in [5.41, 5.74) is 0. The molecule has 0 aliphatic carbocycles. The second kappa shape index (κ2) is 36.8. The van der Waals surface area contributed by atoms with E-state index in [9.17, 15) is 19.0 Å². The van der Waals surface area contributed by atoms with Crippen LogP contribution >= 0.6 is 7.82 Å². The molecule has 0 aliphatic heterocycles. The molecule has 9 nitrogen and oxygen atoms in total. The van der Waals surface area contributed by atoms with E-state index < -0.39 is 32.5 Å². The smallest absolute Gasteiger partial charge is 0.306 e. The molecule has 0 N–H and O–H groups in total. The highest BCUT2D eigenvalue weighted by molar-refractivity contribution is 7.45. The molecule has 316 valence electrons. The van der Waals surface area contributed by atoms with Crippen LogP contribution in [-0.2, 0) is 32.7 Å². The number of phosphoric ester groups is 1. The number of unbranched alkanes of at least 4 members (excludes halogenated alkanes) is 19. The summed E-state index contributed by atoms with van der Waals surface area (Å²) in [5, 5.41) is 0. The van der Waals surface area contributed by atoms with Gasteiger partial charge in [0.1, 0.15) is 19.8 Å². The van der Waals surface area contributed by atoms with Gasteiger partial charge in [-0.05, 0) is 64.2 Å². The summed E-state index contributed by atoms with van der Waals surface area (Å²) in [6.07, 6.45) is 40.2. The van der Waals surface area contributed by atoms with Gasteiger partial charge < -0.3 is 27.9 Å². The predicted octanol–water partition coefficient (Wildman–Crippen LogP) is 11.5. The van der Waals surface area contributed by atoms with Gasteiger partial charge >= 0.3 is 11.9 Å². The normalized spacial score (nSPS) is 14.0. The summed E-state index contributed by atoms with van der Waals surface area (Å²) < 4.78 is 33.8. The number of hydrogen-bond acceptors (Lipinski definition) is 8. The summed E-state index contributed by atoms with van der Waals surface area (Å²) in [6.45, 7) is 4.14. The second-order valence-corrected chi connectivity index (χ2v) is 17.1. The van der Waals surface area contributed by atoms with E-state index in [1.54, 1.807) is 0 Å². The van der Waals surface area contributed by atoms with Crippen molar-refractivity contribution in [2.45, 2.75) is 187 Å². The summed E-state index contributed by atoms with van der Waals surface area (Å²) in [5.74, 6) is -0.851. The van der Waals surface area contributed by atoms with Crippen LogP contribution in [0.2, 0.25) is 0 Å². The maximum atomic E-state index is 12.7. The summed E-state index contributed by atoms with van der Waals surface area (Å²) in [7, 11) is 1.16. The molecule has 0 radical (unpaired) electrons. The molecule has 0 saturated heterocycles. The second-order valence-electron chi connectivity index (χ2n) is 15.7. The van der Waals surface area contributed by atoms with Crippen molar-refractivity contribution in [3.8, 4) is 0 Å². The van der Waals surface area contributed by atoms with Crippen LogP contribution in [0.4, 0.5) is 0 Å². The Morgan fingerprint density at radius 2 is 1.02 bits per heavy atom. The Morgan fingerprint density at radius 1 is 0.574 bits per heavy atom. The minimum absolute atomic E-state index is 0.0332. The zero-order valence-electron chi connectivity index (χ0n) is 35.4. The molecule has 0 spiro atoms. The van der Waals surface area contributed by atoms with Crippen molar-refractivity contribution in [3.05, 3.63) is 36.5 Å². The molecule has 0 amide bonds. The Hall–Kier alpha value is -1.77. The van der Waals surface area contributed by atoms with Crippen LogP contribution in [0.15, 0.2) is 36.5 Å². The van der Waals surface area contributed by atoms with Crippen LogP contribution in [0.25, 0.3) is 0 Å². The number of ether oxygens (including phenoxy) is 2. The molecule has 10 heteroatoms. The number of allylic oxidation sites excluding steroid dienone is 6. The van der Waals surface area contributed by atoms with Gasteiger partial charge in [-0.3, -0.25) is 14.2 Å². The van der Waals surface area contributed by atoms with Crippen molar-refractivity contribution >= 4 is 19.8 Å². The highest BCUT2D eigenvalue weighted by Gasteiger charge is 2.21. The van der Waals surface area contributed by atoms with Crippen LogP contribution in [-0.4, -0.2) is 70.0 Å². The van der Waals surface area contributed by atoms with Crippen LogP contribution < -0.4 is 4.89 Å². The minimum Gasteiger partial charge on any atom is -0.756 e. The first-order valence-electron chi connectivity index (χ1n) is 21.7. The zero-order chi connectivity index (χ0) is 40.0. The lowest BCUT2D eigenvalue weighted by Crippen LogP contribution is -2.37. The first kappa shape index (κ1) is 52.2. The molecule has 2 atom stereocenters. The average molecular weight is 784 g/mol. The SMILES string of the molecule is CCCC/C=C\CCCCCCCC(=O)OCC(COP(=O)([O-])OCC[N+](C)(C)C)OC(=O)CCCCCCCCCCC/C=C\C/C=C\CCCCC. The number of esters is 2. The first-order chi connectivity index (χ1) is 26.0. The van der Waals surface area contributed by atoms with Gasteiger partial charge in [0.15, 0.2) is 6.10 Å². The van der Waals surface area contributed by atoms with E-state index in [1.165, 1.54) is 70.6 Å². The highest BCUT2D eigenvalue weighted by atomic mass is 31.2. The van der Waals surface area contributed by atoms with E-state index in [4.69, 9.17) is 18.5 Å². The maximum absolute atomic E-state index is 12.7. The lowest BCUT2D eigenvalue weighted by atomic mass is 10.1. The quantitative estimate of drug-likeness (QED) is 0.0199. The number of carbonyl (C=O) groups is 2. The highest BCUT2D eigenvalue weighted by Crippen LogP contribution is 2.38. The van der Waals surface area contributed by atoms with Crippen LogP contribution in [0.5, 0.6) is 0 Å². The number of rotatable bonds is 39. The van der Waals surface area contributed by atoms with Gasteiger partial charge in [0.25, 0.3) is 7.82 Å². The fourth-order valence-corrected chi connectivity index (χ4v) is 6.39. The summed E-state index contributed by atoms with van der Waals surface area (Å²) in [4.78, 5) is 37.4. The molecular formula is C44H82NO8P. The molecule has 0 aromatic rings. The van der Waals surface area contributed by atoms with Crippen molar-refractivity contribution in [3.63, 3.8) is 0 Å². The van der Waals surface area contributed by atoms with E-state index in [0.717, 1.165) is 77.0 Å². The fraction of sp³-hybridized carbons (Fsp3) is 0.818. The third-order valence-corrected chi connectivity index (χ3v) is 10.1. The number of quaternary nitrogens is 1. The molecule has 0 rings (SSSR count). The Labute approximate surface area is 331 Å². The molecule has 0 heterocycles.